The van der Waals surface area contributed by atoms with Crippen LogP contribution < -0.4 is 10.1 Å². The first-order chi connectivity index (χ1) is 10.5. The molecule has 0 radical (unpaired) electrons. The molecular formula is C16H20BrNO4. The van der Waals surface area contributed by atoms with E-state index >= 15 is 0 Å². The Balaban J connectivity index is 2.10. The third-order valence-electron chi connectivity index (χ3n) is 4.10. The van der Waals surface area contributed by atoms with Gasteiger partial charge in [0.2, 0.25) is 5.91 Å². The number of nitrogens with one attached hydrogen (secondary N) is 1. The van der Waals surface area contributed by atoms with Crippen molar-refractivity contribution in [2.45, 2.75) is 44.1 Å². The van der Waals surface area contributed by atoms with Crippen molar-refractivity contribution in [3.05, 3.63) is 28.2 Å². The minimum absolute atomic E-state index is 0.118. The standard InChI is InChI=1S/C16H20BrNO4/c1-22-12-5-6-13(17)11(9-12)10-14(19)18-16(15(20)21)7-3-2-4-8-16/h5-6,9H,2-4,7-8,10H2,1H3,(H,18,19)(H,20,21). The van der Waals surface area contributed by atoms with Crippen molar-refractivity contribution < 1.29 is 19.4 Å². The smallest absolute Gasteiger partial charge is 0.329 e. The van der Waals surface area contributed by atoms with Gasteiger partial charge in [-0.15, -0.1) is 0 Å². The molecule has 1 amide bonds. The van der Waals surface area contributed by atoms with Crippen molar-refractivity contribution in [2.24, 2.45) is 0 Å². The lowest BCUT2D eigenvalue weighted by atomic mass is 9.81. The lowest BCUT2D eigenvalue weighted by Crippen LogP contribution is -2.56. The summed E-state index contributed by atoms with van der Waals surface area (Å²) in [5, 5.41) is 12.2. The molecule has 120 valence electrons. The van der Waals surface area contributed by atoms with Crippen molar-refractivity contribution in [1.82, 2.24) is 5.32 Å². The van der Waals surface area contributed by atoms with Crippen LogP contribution in [0.1, 0.15) is 37.7 Å². The molecule has 1 fully saturated rings. The van der Waals surface area contributed by atoms with Gasteiger partial charge in [0, 0.05) is 4.47 Å². The van der Waals surface area contributed by atoms with Crippen molar-refractivity contribution in [3.63, 3.8) is 0 Å². The molecule has 1 aromatic rings. The van der Waals surface area contributed by atoms with E-state index in [4.69, 9.17) is 4.74 Å². The maximum atomic E-state index is 12.3. The van der Waals surface area contributed by atoms with Crippen LogP contribution in [0, 0.1) is 0 Å². The average molecular weight is 370 g/mol. The molecule has 1 aromatic carbocycles. The lowest BCUT2D eigenvalue weighted by molar-refractivity contribution is -0.149. The number of ether oxygens (including phenoxy) is 1. The molecule has 5 nitrogen and oxygen atoms in total. The van der Waals surface area contributed by atoms with E-state index in [1.165, 1.54) is 0 Å². The van der Waals surface area contributed by atoms with E-state index < -0.39 is 11.5 Å². The number of carbonyl (C=O) groups is 2. The molecule has 2 rings (SSSR count). The van der Waals surface area contributed by atoms with Crippen LogP contribution in [-0.2, 0) is 16.0 Å². The fourth-order valence-corrected chi connectivity index (χ4v) is 3.23. The summed E-state index contributed by atoms with van der Waals surface area (Å²) in [4.78, 5) is 23.9. The number of rotatable bonds is 5. The number of halogens is 1. The molecule has 0 saturated heterocycles. The highest BCUT2D eigenvalue weighted by Gasteiger charge is 2.40. The van der Waals surface area contributed by atoms with Crippen LogP contribution in [0.15, 0.2) is 22.7 Å². The van der Waals surface area contributed by atoms with Gasteiger partial charge in [-0.1, -0.05) is 35.2 Å². The fraction of sp³-hybridized carbons (Fsp3) is 0.500. The highest BCUT2D eigenvalue weighted by molar-refractivity contribution is 9.10. The number of hydrogen-bond donors (Lipinski definition) is 2. The summed E-state index contributed by atoms with van der Waals surface area (Å²) in [6.45, 7) is 0. The molecule has 0 aliphatic heterocycles. The molecule has 0 atom stereocenters. The number of aliphatic carboxylic acids is 1. The number of carboxylic acid groups (broad SMARTS) is 1. The van der Waals surface area contributed by atoms with Gasteiger partial charge in [-0.25, -0.2) is 4.79 Å². The molecule has 2 N–H and O–H groups in total. The van der Waals surface area contributed by atoms with E-state index in [0.29, 0.717) is 18.6 Å². The number of benzene rings is 1. The second kappa shape index (κ2) is 7.13. The van der Waals surface area contributed by atoms with Crippen LogP contribution in [0.25, 0.3) is 0 Å². The summed E-state index contributed by atoms with van der Waals surface area (Å²) in [6, 6.07) is 5.39. The maximum Gasteiger partial charge on any atom is 0.329 e. The normalized spacial score (nSPS) is 16.8. The van der Waals surface area contributed by atoms with Crippen molar-refractivity contribution >= 4 is 27.8 Å². The Kier molecular flexibility index (Phi) is 5.45. The van der Waals surface area contributed by atoms with E-state index in [1.807, 2.05) is 6.07 Å². The molecule has 0 spiro atoms. The quantitative estimate of drug-likeness (QED) is 0.836. The summed E-state index contributed by atoms with van der Waals surface area (Å²) < 4.78 is 5.96. The number of hydrogen-bond acceptors (Lipinski definition) is 3. The van der Waals surface area contributed by atoms with Crippen molar-refractivity contribution in [2.75, 3.05) is 7.11 Å². The van der Waals surface area contributed by atoms with Gasteiger partial charge in [0.25, 0.3) is 0 Å². The van der Waals surface area contributed by atoms with E-state index in [2.05, 4.69) is 21.2 Å². The predicted octanol–water partition coefficient (Wildman–Crippen LogP) is 2.90. The van der Waals surface area contributed by atoms with Crippen LogP contribution in [0.4, 0.5) is 0 Å². The minimum atomic E-state index is -1.11. The third kappa shape index (κ3) is 3.80. The second-order valence-electron chi connectivity index (χ2n) is 5.63. The van der Waals surface area contributed by atoms with Crippen molar-refractivity contribution in [3.8, 4) is 5.75 Å². The molecule has 0 aromatic heterocycles. The first kappa shape index (κ1) is 16.8. The largest absolute Gasteiger partial charge is 0.497 e. The Morgan fingerprint density at radius 3 is 2.59 bits per heavy atom. The number of amides is 1. The van der Waals surface area contributed by atoms with Gasteiger partial charge < -0.3 is 15.2 Å². The van der Waals surface area contributed by atoms with Crippen LogP contribution in [0.2, 0.25) is 0 Å². The third-order valence-corrected chi connectivity index (χ3v) is 4.87. The Labute approximate surface area is 138 Å². The molecule has 6 heteroatoms. The van der Waals surface area contributed by atoms with Crippen LogP contribution in [-0.4, -0.2) is 29.6 Å². The zero-order chi connectivity index (χ0) is 16.2. The monoisotopic (exact) mass is 369 g/mol. The summed E-state index contributed by atoms with van der Waals surface area (Å²) >= 11 is 3.40. The van der Waals surface area contributed by atoms with Gasteiger partial charge in [0.15, 0.2) is 0 Å². The highest BCUT2D eigenvalue weighted by atomic mass is 79.9. The maximum absolute atomic E-state index is 12.3. The van der Waals surface area contributed by atoms with Gasteiger partial charge in [0.05, 0.1) is 13.5 Å². The molecule has 1 aliphatic carbocycles. The van der Waals surface area contributed by atoms with Crippen LogP contribution >= 0.6 is 15.9 Å². The number of carbonyl (C=O) groups excluding carboxylic acids is 1. The Bertz CT molecular complexity index is 567. The zero-order valence-corrected chi connectivity index (χ0v) is 14.1. The Morgan fingerprint density at radius 1 is 1.32 bits per heavy atom. The van der Waals surface area contributed by atoms with Gasteiger partial charge in [-0.05, 0) is 36.6 Å². The van der Waals surface area contributed by atoms with E-state index in [0.717, 1.165) is 29.3 Å². The zero-order valence-electron chi connectivity index (χ0n) is 12.5. The second-order valence-corrected chi connectivity index (χ2v) is 6.48. The van der Waals surface area contributed by atoms with E-state index in [9.17, 15) is 14.7 Å². The molecular weight excluding hydrogens is 350 g/mol. The minimum Gasteiger partial charge on any atom is -0.497 e. The van der Waals surface area contributed by atoms with Crippen LogP contribution in [0.3, 0.4) is 0 Å². The summed E-state index contributed by atoms with van der Waals surface area (Å²) in [6.07, 6.45) is 3.78. The van der Waals surface area contributed by atoms with Gasteiger partial charge in [0.1, 0.15) is 11.3 Å². The highest BCUT2D eigenvalue weighted by Crippen LogP contribution is 2.29. The molecule has 22 heavy (non-hydrogen) atoms. The molecule has 0 heterocycles. The predicted molar refractivity (Wildman–Crippen MR) is 86.0 cm³/mol. The Hall–Kier alpha value is -1.56. The first-order valence-corrected chi connectivity index (χ1v) is 8.13. The molecule has 1 aliphatic rings. The lowest BCUT2D eigenvalue weighted by Gasteiger charge is -2.34. The first-order valence-electron chi connectivity index (χ1n) is 7.34. The van der Waals surface area contributed by atoms with E-state index in [-0.39, 0.29) is 12.3 Å². The van der Waals surface area contributed by atoms with Gasteiger partial charge in [-0.2, -0.15) is 0 Å². The van der Waals surface area contributed by atoms with Gasteiger partial charge in [-0.3, -0.25) is 4.79 Å². The topological polar surface area (TPSA) is 75.6 Å². The van der Waals surface area contributed by atoms with E-state index in [1.54, 1.807) is 19.2 Å². The average Bonchev–Trinajstić information content (AvgIpc) is 2.50. The summed E-state index contributed by atoms with van der Waals surface area (Å²) in [7, 11) is 1.56. The summed E-state index contributed by atoms with van der Waals surface area (Å²) in [5.74, 6) is -0.555. The SMILES string of the molecule is COc1ccc(Br)c(CC(=O)NC2(C(=O)O)CCCCC2)c1. The number of methoxy groups -OCH3 is 1. The molecule has 1 saturated carbocycles. The molecule has 0 bridgehead atoms. The number of carboxylic acids is 1. The van der Waals surface area contributed by atoms with Crippen LogP contribution in [0.5, 0.6) is 5.75 Å². The molecule has 0 unspecified atom stereocenters. The van der Waals surface area contributed by atoms with Crippen molar-refractivity contribution in [1.29, 1.82) is 0 Å². The Morgan fingerprint density at radius 2 is 2.00 bits per heavy atom. The van der Waals surface area contributed by atoms with Gasteiger partial charge >= 0.3 is 5.97 Å². The fourth-order valence-electron chi connectivity index (χ4n) is 2.85. The summed E-state index contributed by atoms with van der Waals surface area (Å²) in [5.41, 5.74) is -0.339.